The van der Waals surface area contributed by atoms with E-state index in [2.05, 4.69) is 15.6 Å². The van der Waals surface area contributed by atoms with Crippen molar-refractivity contribution in [2.45, 2.75) is 38.1 Å². The van der Waals surface area contributed by atoms with Crippen molar-refractivity contribution in [2.24, 2.45) is 16.8 Å². The molecule has 22 heavy (non-hydrogen) atoms. The van der Waals surface area contributed by atoms with E-state index in [0.717, 1.165) is 11.8 Å². The molecule has 0 radical (unpaired) electrons. The molecule has 0 aromatic heterocycles. The minimum Gasteiger partial charge on any atom is -0.356 e. The van der Waals surface area contributed by atoms with Gasteiger partial charge in [-0.1, -0.05) is 6.42 Å². The van der Waals surface area contributed by atoms with Crippen LogP contribution >= 0.6 is 24.0 Å². The minimum atomic E-state index is -0.342. The SMILES string of the molecule is CN(C)C(=O)CN=C(NCCCF)NC1CC2CCC1C2.I. The number of nitrogens with zero attached hydrogens (tertiary/aromatic N) is 2. The summed E-state index contributed by atoms with van der Waals surface area (Å²) in [5.74, 6) is 2.20. The maximum absolute atomic E-state index is 12.2. The molecule has 2 aliphatic carbocycles. The monoisotopic (exact) mass is 426 g/mol. The van der Waals surface area contributed by atoms with Crippen LogP contribution in [0.15, 0.2) is 4.99 Å². The largest absolute Gasteiger partial charge is 0.356 e. The third-order valence-corrected chi connectivity index (χ3v) is 4.53. The Morgan fingerprint density at radius 3 is 2.64 bits per heavy atom. The first-order valence-corrected chi connectivity index (χ1v) is 7.91. The van der Waals surface area contributed by atoms with Gasteiger partial charge in [-0.3, -0.25) is 9.18 Å². The summed E-state index contributed by atoms with van der Waals surface area (Å²) in [6, 6.07) is 0.454. The Balaban J connectivity index is 0.00000242. The van der Waals surface area contributed by atoms with Crippen LogP contribution in [-0.4, -0.2) is 56.7 Å². The summed E-state index contributed by atoms with van der Waals surface area (Å²) in [5, 5.41) is 6.58. The Morgan fingerprint density at radius 2 is 2.09 bits per heavy atom. The van der Waals surface area contributed by atoms with Crippen LogP contribution in [0.2, 0.25) is 0 Å². The van der Waals surface area contributed by atoms with E-state index in [4.69, 9.17) is 0 Å². The molecule has 2 saturated carbocycles. The number of carbonyl (C=O) groups is 1. The fourth-order valence-corrected chi connectivity index (χ4v) is 3.31. The number of likely N-dealkylation sites (N-methyl/N-ethyl adjacent to an activating group) is 1. The van der Waals surface area contributed by atoms with Crippen molar-refractivity contribution in [3.8, 4) is 0 Å². The van der Waals surface area contributed by atoms with Crippen molar-refractivity contribution in [2.75, 3.05) is 33.9 Å². The summed E-state index contributed by atoms with van der Waals surface area (Å²) < 4.78 is 12.2. The minimum absolute atomic E-state index is 0. The highest BCUT2D eigenvalue weighted by atomic mass is 127. The average molecular weight is 426 g/mol. The van der Waals surface area contributed by atoms with Gasteiger partial charge in [0.25, 0.3) is 0 Å². The van der Waals surface area contributed by atoms with Crippen LogP contribution in [0.4, 0.5) is 4.39 Å². The second-order valence-corrected chi connectivity index (χ2v) is 6.35. The molecule has 5 nitrogen and oxygen atoms in total. The zero-order valence-corrected chi connectivity index (χ0v) is 15.8. The van der Waals surface area contributed by atoms with Gasteiger partial charge >= 0.3 is 0 Å². The second kappa shape index (κ2) is 9.52. The molecule has 2 N–H and O–H groups in total. The number of halogens is 2. The van der Waals surface area contributed by atoms with E-state index in [0.29, 0.717) is 25.0 Å². The van der Waals surface area contributed by atoms with Crippen LogP contribution in [-0.2, 0) is 4.79 Å². The normalized spacial score (nSPS) is 26.5. The first-order valence-electron chi connectivity index (χ1n) is 7.91. The predicted molar refractivity (Wildman–Crippen MR) is 97.4 cm³/mol. The predicted octanol–water partition coefficient (Wildman–Crippen LogP) is 1.78. The highest BCUT2D eigenvalue weighted by Crippen LogP contribution is 2.44. The summed E-state index contributed by atoms with van der Waals surface area (Å²) in [7, 11) is 3.44. The number of guanidine groups is 1. The van der Waals surface area contributed by atoms with Gasteiger partial charge in [0, 0.05) is 26.7 Å². The molecule has 2 aliphatic rings. The highest BCUT2D eigenvalue weighted by Gasteiger charge is 2.39. The number of amides is 1. The molecule has 7 heteroatoms. The lowest BCUT2D eigenvalue weighted by Gasteiger charge is -2.25. The van der Waals surface area contributed by atoms with Gasteiger partial charge in [0.2, 0.25) is 5.91 Å². The van der Waals surface area contributed by atoms with E-state index in [1.807, 2.05) is 0 Å². The molecule has 0 aromatic carbocycles. The Bertz CT molecular complexity index is 392. The van der Waals surface area contributed by atoms with Gasteiger partial charge < -0.3 is 15.5 Å². The van der Waals surface area contributed by atoms with Crippen molar-refractivity contribution < 1.29 is 9.18 Å². The van der Waals surface area contributed by atoms with E-state index >= 15 is 0 Å². The molecule has 0 aliphatic heterocycles. The Hall–Kier alpha value is -0.600. The van der Waals surface area contributed by atoms with Crippen molar-refractivity contribution in [3.05, 3.63) is 0 Å². The zero-order valence-electron chi connectivity index (χ0n) is 13.5. The summed E-state index contributed by atoms with van der Waals surface area (Å²) >= 11 is 0. The van der Waals surface area contributed by atoms with Crippen LogP contribution < -0.4 is 10.6 Å². The smallest absolute Gasteiger partial charge is 0.243 e. The molecule has 2 bridgehead atoms. The molecule has 128 valence electrons. The van der Waals surface area contributed by atoms with E-state index < -0.39 is 0 Å². The van der Waals surface area contributed by atoms with Crippen molar-refractivity contribution >= 4 is 35.8 Å². The topological polar surface area (TPSA) is 56.7 Å². The Labute approximate surface area is 149 Å². The van der Waals surface area contributed by atoms with E-state index in [-0.39, 0.29) is 43.1 Å². The molecular formula is C15H28FIN4O. The average Bonchev–Trinajstić information content (AvgIpc) is 3.06. The lowest BCUT2D eigenvalue weighted by molar-refractivity contribution is -0.127. The number of rotatable bonds is 6. The quantitative estimate of drug-likeness (QED) is 0.295. The third kappa shape index (κ3) is 5.55. The van der Waals surface area contributed by atoms with Gasteiger partial charge in [0.05, 0.1) is 6.67 Å². The van der Waals surface area contributed by atoms with Gasteiger partial charge in [-0.05, 0) is 37.5 Å². The molecule has 2 rings (SSSR count). The van der Waals surface area contributed by atoms with Crippen molar-refractivity contribution in [3.63, 3.8) is 0 Å². The van der Waals surface area contributed by atoms with Crippen LogP contribution in [0.3, 0.4) is 0 Å². The Morgan fingerprint density at radius 1 is 1.32 bits per heavy atom. The lowest BCUT2D eigenvalue weighted by atomic mass is 9.95. The van der Waals surface area contributed by atoms with Crippen molar-refractivity contribution in [1.29, 1.82) is 0 Å². The number of hydrogen-bond donors (Lipinski definition) is 2. The maximum atomic E-state index is 12.2. The summed E-state index contributed by atoms with van der Waals surface area (Å²) in [5.41, 5.74) is 0. The first kappa shape index (κ1) is 19.4. The molecule has 0 aromatic rings. The van der Waals surface area contributed by atoms with E-state index in [1.165, 1.54) is 30.6 Å². The molecule has 0 saturated heterocycles. The number of aliphatic imine (C=N–C) groups is 1. The summed E-state index contributed by atoms with van der Waals surface area (Å²) in [6.07, 6.45) is 5.60. The number of nitrogens with one attached hydrogen (secondary N) is 2. The van der Waals surface area contributed by atoms with Gasteiger partial charge in [0.15, 0.2) is 5.96 Å². The standard InChI is InChI=1S/C15H27FN4O.HI/c1-20(2)14(21)10-18-15(17-7-3-6-16)19-13-9-11-4-5-12(13)8-11;/h11-13H,3-10H2,1-2H3,(H2,17,18,19);1H. The van der Waals surface area contributed by atoms with Crippen LogP contribution in [0.25, 0.3) is 0 Å². The fourth-order valence-electron chi connectivity index (χ4n) is 3.31. The first-order chi connectivity index (χ1) is 10.1. The number of alkyl halides is 1. The zero-order chi connectivity index (χ0) is 15.2. The van der Waals surface area contributed by atoms with Crippen molar-refractivity contribution in [1.82, 2.24) is 15.5 Å². The summed E-state index contributed by atoms with van der Waals surface area (Å²) in [6.45, 7) is 0.323. The molecule has 3 unspecified atom stereocenters. The van der Waals surface area contributed by atoms with Gasteiger partial charge in [-0.15, -0.1) is 24.0 Å². The lowest BCUT2D eigenvalue weighted by Crippen LogP contribution is -2.46. The summed E-state index contributed by atoms with van der Waals surface area (Å²) in [4.78, 5) is 17.5. The molecule has 1 amide bonds. The maximum Gasteiger partial charge on any atom is 0.243 e. The molecule has 0 heterocycles. The Kier molecular flexibility index (Phi) is 8.41. The van der Waals surface area contributed by atoms with Crippen LogP contribution in [0.5, 0.6) is 0 Å². The van der Waals surface area contributed by atoms with E-state index in [1.54, 1.807) is 14.1 Å². The number of hydrogen-bond acceptors (Lipinski definition) is 2. The molecule has 3 atom stereocenters. The van der Waals surface area contributed by atoms with Crippen LogP contribution in [0.1, 0.15) is 32.1 Å². The third-order valence-electron chi connectivity index (χ3n) is 4.53. The second-order valence-electron chi connectivity index (χ2n) is 6.35. The fraction of sp³-hybridized carbons (Fsp3) is 0.867. The molecular weight excluding hydrogens is 398 g/mol. The molecule has 2 fully saturated rings. The number of carbonyl (C=O) groups excluding carboxylic acids is 1. The van der Waals surface area contributed by atoms with Gasteiger partial charge in [-0.25, -0.2) is 4.99 Å². The van der Waals surface area contributed by atoms with Crippen LogP contribution in [0, 0.1) is 11.8 Å². The van der Waals surface area contributed by atoms with Gasteiger partial charge in [0.1, 0.15) is 6.54 Å². The molecule has 0 spiro atoms. The highest BCUT2D eigenvalue weighted by molar-refractivity contribution is 14.0. The van der Waals surface area contributed by atoms with Gasteiger partial charge in [-0.2, -0.15) is 0 Å². The van der Waals surface area contributed by atoms with E-state index in [9.17, 15) is 9.18 Å². The number of fused-ring (bicyclic) bond motifs is 2.